The Balaban J connectivity index is 2.44. The van der Waals surface area contributed by atoms with Gasteiger partial charge in [-0.15, -0.1) is 0 Å². The molecular formula is C17H11F5N4O2. The fourth-order valence-electron chi connectivity index (χ4n) is 1.96. The van der Waals surface area contributed by atoms with E-state index in [0.717, 1.165) is 12.3 Å². The van der Waals surface area contributed by atoms with E-state index in [9.17, 15) is 31.5 Å². The largest absolute Gasteiger partial charge is 0.471 e. The predicted molar refractivity (Wildman–Crippen MR) is 88.4 cm³/mol. The van der Waals surface area contributed by atoms with Crippen molar-refractivity contribution < 1.29 is 31.5 Å². The third-order valence-corrected chi connectivity index (χ3v) is 3.10. The number of nitrogens with zero attached hydrogens (tertiary/aromatic N) is 2. The van der Waals surface area contributed by atoms with Crippen molar-refractivity contribution in [3.8, 4) is 11.8 Å². The quantitative estimate of drug-likeness (QED) is 0.614. The Kier molecular flexibility index (Phi) is 6.25. The molecule has 0 aliphatic rings. The summed E-state index contributed by atoms with van der Waals surface area (Å²) in [6.45, 7) is 1.26. The van der Waals surface area contributed by atoms with Gasteiger partial charge in [-0.1, -0.05) is 5.92 Å². The Morgan fingerprint density at radius 1 is 1.07 bits per heavy atom. The summed E-state index contributed by atoms with van der Waals surface area (Å²) in [7, 11) is 0. The molecule has 0 atom stereocenters. The molecule has 146 valence electrons. The van der Waals surface area contributed by atoms with Crippen molar-refractivity contribution in [1.82, 2.24) is 9.97 Å². The van der Waals surface area contributed by atoms with Crippen LogP contribution in [0.4, 0.5) is 33.5 Å². The van der Waals surface area contributed by atoms with Crippen LogP contribution in [0.1, 0.15) is 30.2 Å². The SMILES string of the molecule is CC(=O)Nc1cc(C#Cc2nccc(C(F)F)c2NC(=O)C(F)(F)F)ccn1. The van der Waals surface area contributed by atoms with Crippen LogP contribution >= 0.6 is 0 Å². The van der Waals surface area contributed by atoms with Gasteiger partial charge < -0.3 is 10.6 Å². The summed E-state index contributed by atoms with van der Waals surface area (Å²) < 4.78 is 63.8. The number of rotatable bonds is 3. The Morgan fingerprint density at radius 2 is 1.75 bits per heavy atom. The molecule has 2 N–H and O–H groups in total. The lowest BCUT2D eigenvalue weighted by Gasteiger charge is -2.13. The minimum atomic E-state index is -5.28. The smallest absolute Gasteiger partial charge is 0.315 e. The maximum absolute atomic E-state index is 13.1. The molecule has 2 aromatic heterocycles. The van der Waals surface area contributed by atoms with Gasteiger partial charge >= 0.3 is 12.1 Å². The summed E-state index contributed by atoms with van der Waals surface area (Å²) in [4.78, 5) is 29.7. The van der Waals surface area contributed by atoms with E-state index in [-0.39, 0.29) is 17.3 Å². The number of aromatic nitrogens is 2. The number of carbonyl (C=O) groups excluding carboxylic acids is 2. The monoisotopic (exact) mass is 398 g/mol. The molecule has 0 saturated carbocycles. The van der Waals surface area contributed by atoms with Crippen LogP contribution in [-0.4, -0.2) is 28.0 Å². The number of anilines is 2. The van der Waals surface area contributed by atoms with Gasteiger partial charge in [0.1, 0.15) is 11.5 Å². The van der Waals surface area contributed by atoms with Crippen molar-refractivity contribution >= 4 is 23.3 Å². The molecule has 0 saturated heterocycles. The van der Waals surface area contributed by atoms with Gasteiger partial charge in [0, 0.05) is 30.4 Å². The van der Waals surface area contributed by atoms with Gasteiger partial charge in [-0.2, -0.15) is 13.2 Å². The number of hydrogen-bond acceptors (Lipinski definition) is 4. The molecule has 0 radical (unpaired) electrons. The number of nitrogens with one attached hydrogen (secondary N) is 2. The highest BCUT2D eigenvalue weighted by Crippen LogP contribution is 2.30. The second kappa shape index (κ2) is 8.43. The fraction of sp³-hybridized carbons (Fsp3) is 0.176. The van der Waals surface area contributed by atoms with Crippen molar-refractivity contribution in [3.63, 3.8) is 0 Å². The zero-order chi connectivity index (χ0) is 20.9. The van der Waals surface area contributed by atoms with Crippen molar-refractivity contribution in [3.05, 3.63) is 47.4 Å². The number of hydrogen-bond donors (Lipinski definition) is 2. The van der Waals surface area contributed by atoms with Gasteiger partial charge in [-0.3, -0.25) is 9.59 Å². The summed E-state index contributed by atoms with van der Waals surface area (Å²) in [5, 5.41) is 3.80. The maximum atomic E-state index is 13.1. The number of carbonyl (C=O) groups is 2. The summed E-state index contributed by atoms with van der Waals surface area (Å²) >= 11 is 0. The standard InChI is InChI=1S/C17H11F5N4O2/c1-9(27)25-13-8-10(4-6-24-13)2-3-12-14(26-16(28)17(20,21)22)11(15(18)19)5-7-23-12/h4-8,15H,1H3,(H,26,28)(H,24,25,27). The summed E-state index contributed by atoms with van der Waals surface area (Å²) in [6.07, 6.45) is -6.20. The predicted octanol–water partition coefficient (Wildman–Crippen LogP) is 3.27. The van der Waals surface area contributed by atoms with E-state index < -0.39 is 35.5 Å². The lowest BCUT2D eigenvalue weighted by Crippen LogP contribution is -2.30. The molecule has 28 heavy (non-hydrogen) atoms. The van der Waals surface area contributed by atoms with Crippen LogP contribution in [0.25, 0.3) is 0 Å². The Labute approximate surface area is 155 Å². The second-order valence-electron chi connectivity index (χ2n) is 5.24. The van der Waals surface area contributed by atoms with Gasteiger partial charge in [0.25, 0.3) is 6.43 Å². The van der Waals surface area contributed by atoms with Crippen LogP contribution in [0.5, 0.6) is 0 Å². The average Bonchev–Trinajstić information content (AvgIpc) is 2.59. The van der Waals surface area contributed by atoms with Crippen molar-refractivity contribution in [2.24, 2.45) is 0 Å². The zero-order valence-electron chi connectivity index (χ0n) is 14.1. The lowest BCUT2D eigenvalue weighted by molar-refractivity contribution is -0.167. The van der Waals surface area contributed by atoms with Crippen LogP contribution in [0.15, 0.2) is 30.6 Å². The lowest BCUT2D eigenvalue weighted by atomic mass is 10.1. The minimum Gasteiger partial charge on any atom is -0.315 e. The van der Waals surface area contributed by atoms with Crippen molar-refractivity contribution in [2.45, 2.75) is 19.5 Å². The van der Waals surface area contributed by atoms with E-state index in [2.05, 4.69) is 27.1 Å². The van der Waals surface area contributed by atoms with Gasteiger partial charge in [0.15, 0.2) is 0 Å². The van der Waals surface area contributed by atoms with E-state index in [1.54, 1.807) is 0 Å². The minimum absolute atomic E-state index is 0.166. The molecule has 0 spiro atoms. The Bertz CT molecular complexity index is 964. The van der Waals surface area contributed by atoms with Gasteiger partial charge in [0.05, 0.1) is 5.69 Å². The van der Waals surface area contributed by atoms with Crippen LogP contribution in [-0.2, 0) is 9.59 Å². The van der Waals surface area contributed by atoms with E-state index in [0.29, 0.717) is 0 Å². The Morgan fingerprint density at radius 3 is 2.36 bits per heavy atom. The molecule has 2 heterocycles. The third-order valence-electron chi connectivity index (χ3n) is 3.10. The summed E-state index contributed by atoms with van der Waals surface area (Å²) in [5.41, 5.74) is -1.89. The van der Waals surface area contributed by atoms with Crippen molar-refractivity contribution in [2.75, 3.05) is 10.6 Å². The molecule has 0 aromatic carbocycles. The van der Waals surface area contributed by atoms with Crippen LogP contribution in [0.2, 0.25) is 0 Å². The molecule has 0 unspecified atom stereocenters. The van der Waals surface area contributed by atoms with E-state index in [1.165, 1.54) is 30.6 Å². The molecular weight excluding hydrogens is 387 g/mol. The first-order valence-electron chi connectivity index (χ1n) is 7.49. The normalized spacial score (nSPS) is 10.8. The van der Waals surface area contributed by atoms with E-state index in [1.807, 2.05) is 0 Å². The number of pyridine rings is 2. The van der Waals surface area contributed by atoms with E-state index in [4.69, 9.17) is 0 Å². The number of amides is 2. The molecule has 2 rings (SSSR count). The molecule has 2 aromatic rings. The van der Waals surface area contributed by atoms with Crippen LogP contribution < -0.4 is 10.6 Å². The Hall–Kier alpha value is -3.55. The molecule has 0 aliphatic carbocycles. The van der Waals surface area contributed by atoms with Gasteiger partial charge in [-0.05, 0) is 24.1 Å². The van der Waals surface area contributed by atoms with Gasteiger partial charge in [-0.25, -0.2) is 18.7 Å². The molecule has 6 nitrogen and oxygen atoms in total. The zero-order valence-corrected chi connectivity index (χ0v) is 14.1. The molecule has 11 heteroatoms. The first-order chi connectivity index (χ1) is 13.1. The fourth-order valence-corrected chi connectivity index (χ4v) is 1.96. The maximum Gasteiger partial charge on any atom is 0.471 e. The number of halogens is 5. The highest BCUT2D eigenvalue weighted by molar-refractivity contribution is 5.96. The van der Waals surface area contributed by atoms with Crippen molar-refractivity contribution in [1.29, 1.82) is 0 Å². The molecule has 0 fully saturated rings. The number of alkyl halides is 5. The topological polar surface area (TPSA) is 84.0 Å². The molecule has 0 aliphatic heterocycles. The third kappa shape index (κ3) is 5.47. The summed E-state index contributed by atoms with van der Waals surface area (Å²) in [5.74, 6) is 2.21. The second-order valence-corrected chi connectivity index (χ2v) is 5.24. The highest BCUT2D eigenvalue weighted by atomic mass is 19.4. The average molecular weight is 398 g/mol. The highest BCUT2D eigenvalue weighted by Gasteiger charge is 2.39. The first-order valence-corrected chi connectivity index (χ1v) is 7.49. The molecule has 2 amide bonds. The van der Waals surface area contributed by atoms with E-state index >= 15 is 0 Å². The van der Waals surface area contributed by atoms with Crippen LogP contribution in [0.3, 0.4) is 0 Å². The summed E-state index contributed by atoms with van der Waals surface area (Å²) in [6, 6.07) is 3.56. The van der Waals surface area contributed by atoms with Crippen LogP contribution in [0, 0.1) is 11.8 Å². The molecule has 0 bridgehead atoms. The van der Waals surface area contributed by atoms with Gasteiger partial charge in [0.2, 0.25) is 5.91 Å². The first kappa shape index (κ1) is 20.8.